The molecule has 1 saturated carbocycles. The summed E-state index contributed by atoms with van der Waals surface area (Å²) in [6, 6.07) is 15.5. The van der Waals surface area contributed by atoms with Gasteiger partial charge in [-0.05, 0) is 61.2 Å². The van der Waals surface area contributed by atoms with Crippen LogP contribution in [0.15, 0.2) is 71.6 Å². The number of ether oxygens (including phenoxy) is 1. The predicted octanol–water partition coefficient (Wildman–Crippen LogP) is 3.55. The van der Waals surface area contributed by atoms with Gasteiger partial charge in [-0.15, -0.1) is 0 Å². The lowest BCUT2D eigenvalue weighted by atomic mass is 9.64. The molecule has 0 spiro atoms. The number of aryl methyl sites for hydroxylation is 1. The first-order valence-electron chi connectivity index (χ1n) is 12.1. The van der Waals surface area contributed by atoms with Crippen molar-refractivity contribution < 1.29 is 37.6 Å². The lowest BCUT2D eigenvalue weighted by Crippen LogP contribution is -2.45. The van der Waals surface area contributed by atoms with E-state index in [0.29, 0.717) is 18.4 Å². The van der Waals surface area contributed by atoms with Gasteiger partial charge in [0.25, 0.3) is 21.6 Å². The molecule has 1 amide bonds. The Bertz CT molecular complexity index is 1600. The van der Waals surface area contributed by atoms with Crippen LogP contribution in [-0.2, 0) is 25.0 Å². The van der Waals surface area contributed by atoms with Crippen LogP contribution < -0.4 is 14.8 Å². The lowest BCUT2D eigenvalue weighted by Gasteiger charge is -2.39. The van der Waals surface area contributed by atoms with Gasteiger partial charge in [0.1, 0.15) is 12.3 Å². The van der Waals surface area contributed by atoms with E-state index in [1.54, 1.807) is 12.1 Å². The molecule has 0 aliphatic heterocycles. The van der Waals surface area contributed by atoms with Crippen molar-refractivity contribution in [3.63, 3.8) is 0 Å². The number of amides is 1. The Labute approximate surface area is 229 Å². The number of hydrogen-bond donors (Lipinski definition) is 3. The van der Waals surface area contributed by atoms with E-state index >= 15 is 0 Å². The van der Waals surface area contributed by atoms with E-state index in [9.17, 15) is 32.9 Å². The molecule has 13 heteroatoms. The fourth-order valence-electron chi connectivity index (χ4n) is 4.46. The second-order valence-electron chi connectivity index (χ2n) is 9.28. The highest BCUT2D eigenvalue weighted by Crippen LogP contribution is 2.45. The van der Waals surface area contributed by atoms with Gasteiger partial charge < -0.3 is 15.2 Å². The zero-order valence-electron chi connectivity index (χ0n) is 21.2. The van der Waals surface area contributed by atoms with E-state index < -0.39 is 44.8 Å². The molecule has 208 valence electrons. The van der Waals surface area contributed by atoms with Crippen LogP contribution in [0.25, 0.3) is 0 Å². The summed E-state index contributed by atoms with van der Waals surface area (Å²) in [6.45, 7) is 0.886. The number of nitro benzene ring substituents is 1. The van der Waals surface area contributed by atoms with Gasteiger partial charge in [-0.1, -0.05) is 30.7 Å². The van der Waals surface area contributed by atoms with Gasteiger partial charge in [-0.3, -0.25) is 29.2 Å². The van der Waals surface area contributed by atoms with Crippen LogP contribution in [-0.4, -0.2) is 42.8 Å². The van der Waals surface area contributed by atoms with Crippen LogP contribution in [0.1, 0.15) is 40.7 Å². The number of carboxylic acids is 1. The van der Waals surface area contributed by atoms with Gasteiger partial charge in [0, 0.05) is 12.1 Å². The highest BCUT2D eigenvalue weighted by atomic mass is 32.2. The molecule has 3 N–H and O–H groups in total. The van der Waals surface area contributed by atoms with Gasteiger partial charge in [0.05, 0.1) is 26.5 Å². The normalized spacial score (nSPS) is 13.9. The van der Waals surface area contributed by atoms with E-state index in [4.69, 9.17) is 9.84 Å². The van der Waals surface area contributed by atoms with Gasteiger partial charge in [0.15, 0.2) is 0 Å². The Morgan fingerprint density at radius 3 is 2.30 bits per heavy atom. The molecule has 0 unspecified atom stereocenters. The third kappa shape index (κ3) is 5.78. The number of carbonyl (C=O) groups is 3. The minimum atomic E-state index is -4.19. The maximum absolute atomic E-state index is 13.2. The number of para-hydroxylation sites is 1. The molecular formula is C27H25N3O9S. The number of esters is 1. The van der Waals surface area contributed by atoms with Crippen molar-refractivity contribution in [3.8, 4) is 5.75 Å². The number of nitrogens with zero attached hydrogens (tertiary/aromatic N) is 1. The van der Waals surface area contributed by atoms with E-state index in [2.05, 4.69) is 10.0 Å². The SMILES string of the molecule is Cc1cc(OC(=O)C2(c3ccc([N+](=O)[O-])cc3)CCC2)ccc1S(=O)(=O)Nc1ccccc1C(=O)NCC(=O)O. The standard InChI is InChI=1S/C27H25N3O9S/c1-17-15-20(39-26(34)27(13-4-14-27)18-7-9-19(10-8-18)30(35)36)11-12-23(17)40(37,38)29-22-6-3-2-5-21(22)25(33)28-16-24(31)32/h2-3,5-12,15,29H,4,13-14,16H2,1H3,(H,28,33)(H,31,32). The minimum Gasteiger partial charge on any atom is -0.480 e. The monoisotopic (exact) mass is 567 g/mol. The van der Waals surface area contributed by atoms with Gasteiger partial charge >= 0.3 is 11.9 Å². The second-order valence-corrected chi connectivity index (χ2v) is 10.9. The van der Waals surface area contributed by atoms with Gasteiger partial charge in [-0.25, -0.2) is 8.42 Å². The van der Waals surface area contributed by atoms with Crippen LogP contribution in [0.5, 0.6) is 5.75 Å². The van der Waals surface area contributed by atoms with Crippen LogP contribution >= 0.6 is 0 Å². The quantitative estimate of drug-likeness (QED) is 0.143. The molecule has 0 radical (unpaired) electrons. The molecule has 0 aromatic heterocycles. The third-order valence-electron chi connectivity index (χ3n) is 6.69. The summed E-state index contributed by atoms with van der Waals surface area (Å²) < 4.78 is 34.3. The number of nitrogens with one attached hydrogen (secondary N) is 2. The number of anilines is 1. The van der Waals surface area contributed by atoms with Gasteiger partial charge in [-0.2, -0.15) is 0 Å². The molecule has 1 fully saturated rings. The van der Waals surface area contributed by atoms with Crippen molar-refractivity contribution in [3.05, 3.63) is 93.5 Å². The number of benzene rings is 3. The molecule has 1 aliphatic rings. The molecule has 0 heterocycles. The molecule has 3 aromatic carbocycles. The highest BCUT2D eigenvalue weighted by molar-refractivity contribution is 7.92. The van der Waals surface area contributed by atoms with Crippen molar-refractivity contribution in [2.45, 2.75) is 36.5 Å². The van der Waals surface area contributed by atoms with Crippen molar-refractivity contribution in [1.82, 2.24) is 5.32 Å². The summed E-state index contributed by atoms with van der Waals surface area (Å²) in [5.74, 6) is -2.43. The van der Waals surface area contributed by atoms with E-state index in [-0.39, 0.29) is 33.1 Å². The molecule has 4 rings (SSSR count). The Morgan fingerprint density at radius 2 is 1.73 bits per heavy atom. The Kier molecular flexibility index (Phi) is 7.86. The minimum absolute atomic E-state index is 0.0460. The highest BCUT2D eigenvalue weighted by Gasteiger charge is 2.47. The Morgan fingerprint density at radius 1 is 1.05 bits per heavy atom. The maximum Gasteiger partial charge on any atom is 0.322 e. The zero-order valence-corrected chi connectivity index (χ0v) is 22.1. The molecule has 0 bridgehead atoms. The molecular weight excluding hydrogens is 542 g/mol. The first kappa shape index (κ1) is 28.2. The van der Waals surface area contributed by atoms with E-state index in [1.807, 2.05) is 0 Å². The third-order valence-corrected chi connectivity index (χ3v) is 8.22. The van der Waals surface area contributed by atoms with Crippen LogP contribution in [0, 0.1) is 17.0 Å². The summed E-state index contributed by atoms with van der Waals surface area (Å²) in [7, 11) is -4.19. The van der Waals surface area contributed by atoms with Crippen molar-refractivity contribution in [2.24, 2.45) is 0 Å². The molecule has 0 saturated heterocycles. The first-order valence-corrected chi connectivity index (χ1v) is 13.6. The summed E-state index contributed by atoms with van der Waals surface area (Å²) in [5.41, 5.74) is -0.261. The van der Waals surface area contributed by atoms with Crippen LogP contribution in [0.4, 0.5) is 11.4 Å². The summed E-state index contributed by atoms with van der Waals surface area (Å²) >= 11 is 0. The lowest BCUT2D eigenvalue weighted by molar-refractivity contribution is -0.384. The summed E-state index contributed by atoms with van der Waals surface area (Å²) in [4.78, 5) is 46.7. The van der Waals surface area contributed by atoms with Crippen molar-refractivity contribution in [1.29, 1.82) is 0 Å². The summed E-state index contributed by atoms with van der Waals surface area (Å²) in [5, 5.41) is 22.0. The first-order chi connectivity index (χ1) is 18.9. The molecule has 1 aliphatic carbocycles. The molecule has 3 aromatic rings. The number of hydrogen-bond acceptors (Lipinski definition) is 8. The number of aliphatic carboxylic acids is 1. The number of carboxylic acid groups (broad SMARTS) is 1. The smallest absolute Gasteiger partial charge is 0.322 e. The number of nitro groups is 1. The Hall–Kier alpha value is -4.78. The average molecular weight is 568 g/mol. The summed E-state index contributed by atoms with van der Waals surface area (Å²) in [6.07, 6.45) is 1.81. The predicted molar refractivity (Wildman–Crippen MR) is 143 cm³/mol. The second kappa shape index (κ2) is 11.1. The van der Waals surface area contributed by atoms with Crippen LogP contribution in [0.3, 0.4) is 0 Å². The molecule has 12 nitrogen and oxygen atoms in total. The molecule has 0 atom stereocenters. The van der Waals surface area contributed by atoms with Crippen molar-refractivity contribution >= 4 is 39.2 Å². The topological polar surface area (TPSA) is 182 Å². The number of non-ortho nitro benzene ring substituents is 1. The Balaban J connectivity index is 1.52. The van der Waals surface area contributed by atoms with Crippen LogP contribution in [0.2, 0.25) is 0 Å². The largest absolute Gasteiger partial charge is 0.480 e. The van der Waals surface area contributed by atoms with E-state index in [0.717, 1.165) is 6.42 Å². The maximum atomic E-state index is 13.2. The number of sulfonamides is 1. The number of rotatable bonds is 10. The average Bonchev–Trinajstić information content (AvgIpc) is 2.87. The van der Waals surface area contributed by atoms with Gasteiger partial charge in [0.2, 0.25) is 0 Å². The van der Waals surface area contributed by atoms with Crippen molar-refractivity contribution in [2.75, 3.05) is 11.3 Å². The zero-order chi connectivity index (χ0) is 29.1. The number of carbonyl (C=O) groups excluding carboxylic acids is 2. The van der Waals surface area contributed by atoms with E-state index in [1.165, 1.54) is 61.5 Å². The molecule has 40 heavy (non-hydrogen) atoms. The fourth-order valence-corrected chi connectivity index (χ4v) is 5.76. The fraction of sp³-hybridized carbons (Fsp3) is 0.222.